The maximum atomic E-state index is 14.7. The Morgan fingerprint density at radius 2 is 1.66 bits per heavy atom. The first-order valence-electron chi connectivity index (χ1n) is 14.0. The fourth-order valence-electron chi connectivity index (χ4n) is 5.04. The maximum Gasteiger partial charge on any atom is 0.417 e. The molecule has 1 saturated carbocycles. The fourth-order valence-corrected chi connectivity index (χ4v) is 6.67. The lowest BCUT2D eigenvalue weighted by atomic mass is 10.1. The topological polar surface area (TPSA) is 86.8 Å². The Kier molecular flexibility index (Phi) is 10.2. The number of aryl methyl sites for hydroxylation is 1. The molecular weight excluding hydrogens is 622 g/mol. The van der Waals surface area contributed by atoms with Crippen LogP contribution in [0.1, 0.15) is 49.3 Å². The van der Waals surface area contributed by atoms with Crippen LogP contribution in [0.5, 0.6) is 0 Å². The minimum Gasteiger partial charge on any atom is -0.352 e. The monoisotopic (exact) mass is 653 g/mol. The van der Waals surface area contributed by atoms with Gasteiger partial charge in [-0.25, -0.2) is 12.8 Å². The second-order valence-corrected chi connectivity index (χ2v) is 13.0. The van der Waals surface area contributed by atoms with E-state index in [9.17, 15) is 35.6 Å². The third kappa shape index (κ3) is 7.71. The molecule has 0 bridgehead atoms. The molecule has 1 N–H and O–H groups in total. The minimum atomic E-state index is -4.92. The molecule has 44 heavy (non-hydrogen) atoms. The van der Waals surface area contributed by atoms with Crippen molar-refractivity contribution in [2.75, 3.05) is 10.8 Å². The molecule has 2 amide bonds. The molecule has 0 saturated heterocycles. The Hall–Kier alpha value is -3.64. The molecular formula is C31H32ClF4N3O4S. The van der Waals surface area contributed by atoms with Crippen LogP contribution in [0.15, 0.2) is 71.6 Å². The third-order valence-corrected chi connectivity index (χ3v) is 9.72. The highest BCUT2D eigenvalue weighted by atomic mass is 35.5. The number of rotatable bonds is 10. The largest absolute Gasteiger partial charge is 0.417 e. The zero-order valence-corrected chi connectivity index (χ0v) is 25.6. The van der Waals surface area contributed by atoms with Crippen molar-refractivity contribution in [3.05, 3.63) is 94.3 Å². The van der Waals surface area contributed by atoms with Crippen molar-refractivity contribution in [1.29, 1.82) is 0 Å². The van der Waals surface area contributed by atoms with E-state index in [0.717, 1.165) is 48.3 Å². The Morgan fingerprint density at radius 1 is 1.02 bits per heavy atom. The second kappa shape index (κ2) is 13.6. The SMILES string of the molecule is Cc1ccc(S(=O)(=O)N(CC(=O)N(Cc2ccccc2F)[C@H](C)C(=O)NC2CCCC2)c2ccc(Cl)c(C(F)(F)F)c2)cc1. The van der Waals surface area contributed by atoms with E-state index in [-0.39, 0.29) is 16.5 Å². The van der Waals surface area contributed by atoms with Crippen molar-refractivity contribution >= 4 is 39.1 Å². The molecule has 1 atom stereocenters. The van der Waals surface area contributed by atoms with E-state index >= 15 is 0 Å². The van der Waals surface area contributed by atoms with E-state index < -0.39 is 69.2 Å². The van der Waals surface area contributed by atoms with Crippen molar-refractivity contribution < 1.29 is 35.6 Å². The summed E-state index contributed by atoms with van der Waals surface area (Å²) in [6.45, 7) is 1.79. The zero-order chi connectivity index (χ0) is 32.2. The smallest absolute Gasteiger partial charge is 0.352 e. The predicted molar refractivity (Wildman–Crippen MR) is 159 cm³/mol. The molecule has 1 aliphatic rings. The van der Waals surface area contributed by atoms with Gasteiger partial charge in [0.1, 0.15) is 18.4 Å². The van der Waals surface area contributed by atoms with Gasteiger partial charge >= 0.3 is 6.18 Å². The first-order valence-corrected chi connectivity index (χ1v) is 15.8. The summed E-state index contributed by atoms with van der Waals surface area (Å²) in [4.78, 5) is 28.0. The Balaban J connectivity index is 1.76. The van der Waals surface area contributed by atoms with Crippen LogP contribution in [0.2, 0.25) is 5.02 Å². The number of hydrogen-bond donors (Lipinski definition) is 1. The molecule has 7 nitrogen and oxygen atoms in total. The van der Waals surface area contributed by atoms with Gasteiger partial charge in [0.05, 0.1) is 21.2 Å². The first-order chi connectivity index (χ1) is 20.7. The van der Waals surface area contributed by atoms with Crippen molar-refractivity contribution in [2.45, 2.75) is 69.2 Å². The number of benzene rings is 3. The number of carbonyl (C=O) groups is 2. The average molecular weight is 654 g/mol. The van der Waals surface area contributed by atoms with Gasteiger partial charge in [0.2, 0.25) is 11.8 Å². The summed E-state index contributed by atoms with van der Waals surface area (Å²) in [6, 6.07) is 12.4. The predicted octanol–water partition coefficient (Wildman–Crippen LogP) is 6.48. The number of sulfonamides is 1. The summed E-state index contributed by atoms with van der Waals surface area (Å²) in [5.41, 5.74) is -0.957. The van der Waals surface area contributed by atoms with E-state index in [1.807, 2.05) is 0 Å². The second-order valence-electron chi connectivity index (χ2n) is 10.8. The van der Waals surface area contributed by atoms with Crippen LogP contribution in [0.4, 0.5) is 23.2 Å². The normalized spacial score (nSPS) is 14.7. The van der Waals surface area contributed by atoms with Crippen LogP contribution < -0.4 is 9.62 Å². The van der Waals surface area contributed by atoms with E-state index in [0.29, 0.717) is 10.4 Å². The summed E-state index contributed by atoms with van der Waals surface area (Å²) in [5, 5.41) is 2.24. The lowest BCUT2D eigenvalue weighted by molar-refractivity contribution is -0.139. The van der Waals surface area contributed by atoms with Gasteiger partial charge < -0.3 is 10.2 Å². The quantitative estimate of drug-likeness (QED) is 0.254. The molecule has 1 fully saturated rings. The van der Waals surface area contributed by atoms with E-state index in [1.54, 1.807) is 13.0 Å². The van der Waals surface area contributed by atoms with Crippen LogP contribution in [0.3, 0.4) is 0 Å². The molecule has 0 heterocycles. The van der Waals surface area contributed by atoms with Crippen LogP contribution in [0.25, 0.3) is 0 Å². The number of carbonyl (C=O) groups excluding carboxylic acids is 2. The molecule has 3 aromatic carbocycles. The van der Waals surface area contributed by atoms with Crippen LogP contribution in [-0.2, 0) is 32.3 Å². The Bertz CT molecular complexity index is 1610. The van der Waals surface area contributed by atoms with Crippen molar-refractivity contribution in [3.8, 4) is 0 Å². The van der Waals surface area contributed by atoms with Crippen LogP contribution in [0, 0.1) is 12.7 Å². The lowest BCUT2D eigenvalue weighted by Gasteiger charge is -2.32. The molecule has 1 aliphatic carbocycles. The molecule has 0 unspecified atom stereocenters. The van der Waals surface area contributed by atoms with Gasteiger partial charge in [0.25, 0.3) is 10.0 Å². The Labute approximate surface area is 258 Å². The van der Waals surface area contributed by atoms with Crippen molar-refractivity contribution in [1.82, 2.24) is 10.2 Å². The van der Waals surface area contributed by atoms with Gasteiger partial charge in [-0.05, 0) is 63.1 Å². The summed E-state index contributed by atoms with van der Waals surface area (Å²) in [7, 11) is -4.62. The number of nitrogens with one attached hydrogen (secondary N) is 1. The summed E-state index contributed by atoms with van der Waals surface area (Å²) in [5.74, 6) is -2.09. The highest BCUT2D eigenvalue weighted by Gasteiger charge is 2.37. The number of nitrogens with zero attached hydrogens (tertiary/aromatic N) is 2. The number of halogens is 5. The number of alkyl halides is 3. The fraction of sp³-hybridized carbons (Fsp3) is 0.355. The highest BCUT2D eigenvalue weighted by Crippen LogP contribution is 2.38. The number of anilines is 1. The number of amides is 2. The minimum absolute atomic E-state index is 0.0696. The van der Waals surface area contributed by atoms with Gasteiger partial charge in [-0.2, -0.15) is 13.2 Å². The van der Waals surface area contributed by atoms with Crippen LogP contribution in [-0.4, -0.2) is 43.8 Å². The van der Waals surface area contributed by atoms with E-state index in [4.69, 9.17) is 11.6 Å². The third-order valence-electron chi connectivity index (χ3n) is 7.60. The van der Waals surface area contributed by atoms with Crippen molar-refractivity contribution in [2.24, 2.45) is 0 Å². The van der Waals surface area contributed by atoms with Gasteiger partial charge in [0, 0.05) is 18.2 Å². The van der Waals surface area contributed by atoms with Gasteiger partial charge in [-0.1, -0.05) is 60.3 Å². The van der Waals surface area contributed by atoms with Crippen molar-refractivity contribution in [3.63, 3.8) is 0 Å². The highest BCUT2D eigenvalue weighted by molar-refractivity contribution is 7.92. The average Bonchev–Trinajstić information content (AvgIpc) is 3.48. The molecule has 13 heteroatoms. The van der Waals surface area contributed by atoms with Crippen LogP contribution >= 0.6 is 11.6 Å². The molecule has 3 aromatic rings. The molecule has 236 valence electrons. The maximum absolute atomic E-state index is 14.7. The van der Waals surface area contributed by atoms with E-state index in [1.165, 1.54) is 49.4 Å². The molecule has 0 aromatic heterocycles. The summed E-state index contributed by atoms with van der Waals surface area (Å²) >= 11 is 5.80. The zero-order valence-electron chi connectivity index (χ0n) is 24.1. The first kappa shape index (κ1) is 33.3. The van der Waals surface area contributed by atoms with E-state index in [2.05, 4.69) is 5.32 Å². The van der Waals surface area contributed by atoms with Gasteiger partial charge in [0.15, 0.2) is 0 Å². The molecule has 0 radical (unpaired) electrons. The molecule has 4 rings (SSSR count). The summed E-state index contributed by atoms with van der Waals surface area (Å²) in [6.07, 6.45) is -1.52. The standard InChI is InChI=1S/C31H32ClF4N3O4S/c1-20-11-14-25(15-12-20)44(42,43)39(24-13-16-27(32)26(17-24)31(34,35)36)19-29(40)38(18-22-7-3-6-10-28(22)33)21(2)30(41)37-23-8-4-5-9-23/h3,6-7,10-17,21,23H,4-5,8-9,18-19H2,1-2H3,(H,37,41)/t21-/m1/s1. The molecule has 0 aliphatic heterocycles. The molecule has 0 spiro atoms. The number of hydrogen-bond acceptors (Lipinski definition) is 4. The Morgan fingerprint density at radius 3 is 2.27 bits per heavy atom. The summed E-state index contributed by atoms with van der Waals surface area (Å²) < 4.78 is 84.4. The van der Waals surface area contributed by atoms with Gasteiger partial charge in [-0.3, -0.25) is 13.9 Å². The van der Waals surface area contributed by atoms with Gasteiger partial charge in [-0.15, -0.1) is 0 Å². The lowest BCUT2D eigenvalue weighted by Crippen LogP contribution is -2.52.